The second kappa shape index (κ2) is 4.09. The zero-order valence-electron chi connectivity index (χ0n) is 8.33. The smallest absolute Gasteiger partial charge is 0.171 e. The fraction of sp³-hybridized carbons (Fsp3) is 0.0909. The Balaban J connectivity index is 2.46. The quantitative estimate of drug-likeness (QED) is 0.753. The Morgan fingerprint density at radius 3 is 2.69 bits per heavy atom. The zero-order valence-corrected chi connectivity index (χ0v) is 9.15. The summed E-state index contributed by atoms with van der Waals surface area (Å²) in [6.07, 6.45) is 1.39. The van der Waals surface area contributed by atoms with Gasteiger partial charge in [-0.05, 0) is 12.1 Å². The molecule has 0 saturated carbocycles. The summed E-state index contributed by atoms with van der Waals surface area (Å²) in [5.41, 5.74) is 0.207. The average molecular weight is 239 g/mol. The summed E-state index contributed by atoms with van der Waals surface area (Å²) in [7, 11) is 0. The Kier molecular flexibility index (Phi) is 2.78. The van der Waals surface area contributed by atoms with Crippen LogP contribution in [0.1, 0.15) is 16.6 Å². The Morgan fingerprint density at radius 2 is 2.12 bits per heavy atom. The Hall–Kier alpha value is -1.62. The standard InChI is InChI=1S/C11H7F2NOS/c1-6(15)10-5-14-11(16-10)8-3-2-7(12)4-9(8)13/h2-5H,1H3. The van der Waals surface area contributed by atoms with E-state index in [0.29, 0.717) is 9.88 Å². The van der Waals surface area contributed by atoms with Gasteiger partial charge in [0.2, 0.25) is 0 Å². The minimum Gasteiger partial charge on any atom is -0.294 e. The average Bonchev–Trinajstić information content (AvgIpc) is 2.66. The van der Waals surface area contributed by atoms with Crippen LogP contribution >= 0.6 is 11.3 Å². The number of hydrogen-bond donors (Lipinski definition) is 0. The van der Waals surface area contributed by atoms with Crippen LogP contribution in [-0.4, -0.2) is 10.8 Å². The van der Waals surface area contributed by atoms with Gasteiger partial charge in [-0.15, -0.1) is 11.3 Å². The topological polar surface area (TPSA) is 30.0 Å². The lowest BCUT2D eigenvalue weighted by atomic mass is 10.2. The summed E-state index contributed by atoms with van der Waals surface area (Å²) >= 11 is 1.09. The highest BCUT2D eigenvalue weighted by Gasteiger charge is 2.12. The number of rotatable bonds is 2. The summed E-state index contributed by atoms with van der Waals surface area (Å²) in [5, 5.41) is 0.378. The van der Waals surface area contributed by atoms with Crippen LogP contribution < -0.4 is 0 Å². The minimum absolute atomic E-state index is 0.119. The molecule has 0 aliphatic carbocycles. The Bertz CT molecular complexity index is 551. The van der Waals surface area contributed by atoms with Crippen molar-refractivity contribution in [2.45, 2.75) is 6.92 Å². The Morgan fingerprint density at radius 1 is 1.38 bits per heavy atom. The van der Waals surface area contributed by atoms with Gasteiger partial charge in [-0.1, -0.05) is 0 Å². The maximum atomic E-state index is 13.4. The molecule has 5 heteroatoms. The maximum absolute atomic E-state index is 13.4. The van der Waals surface area contributed by atoms with Gasteiger partial charge in [0.25, 0.3) is 0 Å². The van der Waals surface area contributed by atoms with E-state index in [1.807, 2.05) is 0 Å². The lowest BCUT2D eigenvalue weighted by Gasteiger charge is -1.97. The molecule has 0 bridgehead atoms. The van der Waals surface area contributed by atoms with Crippen LogP contribution in [0.5, 0.6) is 0 Å². The number of aromatic nitrogens is 1. The van der Waals surface area contributed by atoms with Crippen LogP contribution in [0, 0.1) is 11.6 Å². The first-order valence-electron chi connectivity index (χ1n) is 4.50. The fourth-order valence-electron chi connectivity index (χ4n) is 1.22. The first-order chi connectivity index (χ1) is 7.58. The lowest BCUT2D eigenvalue weighted by molar-refractivity contribution is 0.102. The van der Waals surface area contributed by atoms with Crippen LogP contribution in [0.2, 0.25) is 0 Å². The van der Waals surface area contributed by atoms with E-state index in [9.17, 15) is 13.6 Å². The van der Waals surface area contributed by atoms with Crippen LogP contribution in [0.25, 0.3) is 10.6 Å². The summed E-state index contributed by atoms with van der Waals surface area (Å²) in [6.45, 7) is 1.41. The third-order valence-corrected chi connectivity index (χ3v) is 3.15. The van der Waals surface area contributed by atoms with E-state index in [2.05, 4.69) is 4.98 Å². The van der Waals surface area contributed by atoms with Crippen molar-refractivity contribution in [3.63, 3.8) is 0 Å². The molecule has 1 aromatic carbocycles. The van der Waals surface area contributed by atoms with E-state index in [-0.39, 0.29) is 11.3 Å². The molecule has 16 heavy (non-hydrogen) atoms. The number of Topliss-reactive ketones (excluding diaryl/α,β-unsaturated/α-hetero) is 1. The monoisotopic (exact) mass is 239 g/mol. The third-order valence-electron chi connectivity index (χ3n) is 2.01. The maximum Gasteiger partial charge on any atom is 0.171 e. The van der Waals surface area contributed by atoms with E-state index < -0.39 is 11.6 Å². The summed E-state index contributed by atoms with van der Waals surface area (Å²) < 4.78 is 26.1. The van der Waals surface area contributed by atoms with E-state index in [0.717, 1.165) is 23.5 Å². The second-order valence-electron chi connectivity index (χ2n) is 3.21. The molecule has 0 saturated heterocycles. The molecule has 0 radical (unpaired) electrons. The molecule has 2 rings (SSSR count). The highest BCUT2D eigenvalue weighted by Crippen LogP contribution is 2.27. The van der Waals surface area contributed by atoms with Gasteiger partial charge in [0.15, 0.2) is 5.78 Å². The van der Waals surface area contributed by atoms with Crippen molar-refractivity contribution in [2.75, 3.05) is 0 Å². The van der Waals surface area contributed by atoms with Gasteiger partial charge in [-0.25, -0.2) is 13.8 Å². The van der Waals surface area contributed by atoms with Gasteiger partial charge in [0.1, 0.15) is 16.6 Å². The molecule has 1 heterocycles. The molecule has 82 valence electrons. The minimum atomic E-state index is -0.676. The lowest BCUT2D eigenvalue weighted by Crippen LogP contribution is -1.85. The molecule has 2 aromatic rings. The normalized spacial score (nSPS) is 10.4. The van der Waals surface area contributed by atoms with Crippen molar-refractivity contribution in [3.8, 4) is 10.6 Å². The number of hydrogen-bond acceptors (Lipinski definition) is 3. The van der Waals surface area contributed by atoms with Crippen LogP contribution in [-0.2, 0) is 0 Å². The van der Waals surface area contributed by atoms with Gasteiger partial charge >= 0.3 is 0 Å². The van der Waals surface area contributed by atoms with Crippen molar-refractivity contribution < 1.29 is 13.6 Å². The number of carbonyl (C=O) groups is 1. The number of halogens is 2. The van der Waals surface area contributed by atoms with Gasteiger partial charge < -0.3 is 0 Å². The number of carbonyl (C=O) groups excluding carboxylic acids is 1. The van der Waals surface area contributed by atoms with E-state index in [4.69, 9.17) is 0 Å². The van der Waals surface area contributed by atoms with Crippen molar-refractivity contribution in [1.29, 1.82) is 0 Å². The van der Waals surface area contributed by atoms with Gasteiger partial charge in [-0.2, -0.15) is 0 Å². The molecule has 1 aromatic heterocycles. The summed E-state index contributed by atoms with van der Waals surface area (Å²) in [6, 6.07) is 3.27. The highest BCUT2D eigenvalue weighted by molar-refractivity contribution is 7.16. The predicted octanol–water partition coefficient (Wildman–Crippen LogP) is 3.29. The number of ketones is 1. The molecule has 0 amide bonds. The molecule has 0 aliphatic rings. The van der Waals surface area contributed by atoms with Crippen molar-refractivity contribution in [2.24, 2.45) is 0 Å². The first kappa shape index (κ1) is 10.9. The van der Waals surface area contributed by atoms with Crippen molar-refractivity contribution in [1.82, 2.24) is 4.98 Å². The van der Waals surface area contributed by atoms with E-state index in [1.54, 1.807) is 0 Å². The summed E-state index contributed by atoms with van der Waals surface area (Å²) in [5.74, 6) is -1.43. The predicted molar refractivity (Wildman–Crippen MR) is 57.5 cm³/mol. The molecule has 2 nitrogen and oxygen atoms in total. The molecule has 0 spiro atoms. The van der Waals surface area contributed by atoms with Gasteiger partial charge in [0, 0.05) is 24.8 Å². The summed E-state index contributed by atoms with van der Waals surface area (Å²) in [4.78, 5) is 15.4. The van der Waals surface area contributed by atoms with Crippen LogP contribution in [0.4, 0.5) is 8.78 Å². The molecular formula is C11H7F2NOS. The molecular weight excluding hydrogens is 232 g/mol. The van der Waals surface area contributed by atoms with E-state index in [1.165, 1.54) is 19.2 Å². The molecule has 0 unspecified atom stereocenters. The molecule has 0 atom stereocenters. The van der Waals surface area contributed by atoms with Gasteiger partial charge in [-0.3, -0.25) is 4.79 Å². The number of benzene rings is 1. The molecule has 0 fully saturated rings. The number of thiazole rings is 1. The fourth-order valence-corrected chi connectivity index (χ4v) is 2.06. The second-order valence-corrected chi connectivity index (χ2v) is 4.24. The highest BCUT2D eigenvalue weighted by atomic mass is 32.1. The first-order valence-corrected chi connectivity index (χ1v) is 5.32. The Labute approximate surface area is 94.6 Å². The van der Waals surface area contributed by atoms with Crippen LogP contribution in [0.3, 0.4) is 0 Å². The molecule has 0 aliphatic heterocycles. The largest absolute Gasteiger partial charge is 0.294 e. The SMILES string of the molecule is CC(=O)c1cnc(-c2ccc(F)cc2F)s1. The zero-order chi connectivity index (χ0) is 11.7. The van der Waals surface area contributed by atoms with E-state index >= 15 is 0 Å². The van der Waals surface area contributed by atoms with Crippen molar-refractivity contribution >= 4 is 17.1 Å². The number of nitrogens with zero attached hydrogens (tertiary/aromatic N) is 1. The van der Waals surface area contributed by atoms with Gasteiger partial charge in [0.05, 0.1) is 4.88 Å². The van der Waals surface area contributed by atoms with Crippen LogP contribution in [0.15, 0.2) is 24.4 Å². The van der Waals surface area contributed by atoms with Crippen molar-refractivity contribution in [3.05, 3.63) is 40.9 Å². The molecule has 0 N–H and O–H groups in total. The third kappa shape index (κ3) is 1.99.